The standard InChI is InChI=1S/C12H17N5O/c18-10-9-15-5-7-16(8-6-15)12-2-3-13-11-1-4-14-17(11)12/h1-4,18H,5-10H2. The Bertz CT molecular complexity index is 518. The summed E-state index contributed by atoms with van der Waals surface area (Å²) in [5, 5.41) is 13.2. The maximum atomic E-state index is 8.94. The van der Waals surface area contributed by atoms with Gasteiger partial charge in [0.25, 0.3) is 0 Å². The quantitative estimate of drug-likeness (QED) is 0.817. The van der Waals surface area contributed by atoms with Crippen LogP contribution >= 0.6 is 0 Å². The van der Waals surface area contributed by atoms with Crippen molar-refractivity contribution in [1.82, 2.24) is 19.5 Å². The van der Waals surface area contributed by atoms with Crippen LogP contribution in [0.5, 0.6) is 0 Å². The molecule has 0 spiro atoms. The van der Waals surface area contributed by atoms with Crippen molar-refractivity contribution in [2.24, 2.45) is 0 Å². The number of aliphatic hydroxyl groups excluding tert-OH is 1. The number of aromatic nitrogens is 3. The first-order valence-corrected chi connectivity index (χ1v) is 6.25. The first-order chi connectivity index (χ1) is 8.88. The van der Waals surface area contributed by atoms with Crippen molar-refractivity contribution in [2.45, 2.75) is 0 Å². The van der Waals surface area contributed by atoms with Crippen molar-refractivity contribution in [3.8, 4) is 0 Å². The lowest BCUT2D eigenvalue weighted by Gasteiger charge is -2.35. The molecule has 0 bridgehead atoms. The van der Waals surface area contributed by atoms with Crippen molar-refractivity contribution in [3.05, 3.63) is 24.5 Å². The van der Waals surface area contributed by atoms with Crippen LogP contribution in [0.1, 0.15) is 0 Å². The predicted molar refractivity (Wildman–Crippen MR) is 68.7 cm³/mol. The van der Waals surface area contributed by atoms with Crippen LogP contribution in [0.25, 0.3) is 5.65 Å². The van der Waals surface area contributed by atoms with E-state index in [4.69, 9.17) is 5.11 Å². The molecule has 2 aromatic heterocycles. The minimum atomic E-state index is 0.235. The predicted octanol–water partition coefficient (Wildman–Crippen LogP) is -0.156. The van der Waals surface area contributed by atoms with Crippen molar-refractivity contribution < 1.29 is 5.11 Å². The molecule has 0 saturated carbocycles. The average Bonchev–Trinajstić information content (AvgIpc) is 2.88. The minimum absolute atomic E-state index is 0.235. The molecule has 0 aliphatic carbocycles. The zero-order chi connectivity index (χ0) is 12.4. The molecule has 0 aromatic carbocycles. The van der Waals surface area contributed by atoms with E-state index in [9.17, 15) is 0 Å². The number of fused-ring (bicyclic) bond motifs is 1. The number of aliphatic hydroxyl groups is 1. The first-order valence-electron chi connectivity index (χ1n) is 6.25. The molecule has 1 aliphatic heterocycles. The molecular weight excluding hydrogens is 230 g/mol. The molecule has 0 unspecified atom stereocenters. The van der Waals surface area contributed by atoms with Crippen LogP contribution in [-0.4, -0.2) is 63.9 Å². The fourth-order valence-electron chi connectivity index (χ4n) is 2.40. The fourth-order valence-corrected chi connectivity index (χ4v) is 2.40. The second-order valence-corrected chi connectivity index (χ2v) is 4.46. The molecule has 18 heavy (non-hydrogen) atoms. The van der Waals surface area contributed by atoms with E-state index in [1.54, 1.807) is 6.20 Å². The molecule has 1 fully saturated rings. The van der Waals surface area contributed by atoms with E-state index in [0.717, 1.165) is 44.2 Å². The number of piperazine rings is 1. The Labute approximate surface area is 105 Å². The van der Waals surface area contributed by atoms with Gasteiger partial charge in [-0.15, -0.1) is 0 Å². The maximum absolute atomic E-state index is 8.94. The Balaban J connectivity index is 1.78. The number of hydrogen-bond acceptors (Lipinski definition) is 5. The van der Waals surface area contributed by atoms with Crippen LogP contribution < -0.4 is 4.90 Å². The van der Waals surface area contributed by atoms with Gasteiger partial charge in [0, 0.05) is 45.0 Å². The van der Waals surface area contributed by atoms with Gasteiger partial charge >= 0.3 is 0 Å². The highest BCUT2D eigenvalue weighted by Gasteiger charge is 2.18. The molecule has 0 radical (unpaired) electrons. The van der Waals surface area contributed by atoms with Crippen molar-refractivity contribution in [3.63, 3.8) is 0 Å². The first kappa shape index (κ1) is 11.4. The smallest absolute Gasteiger partial charge is 0.157 e. The summed E-state index contributed by atoms with van der Waals surface area (Å²) < 4.78 is 1.88. The third kappa shape index (κ3) is 2.04. The number of anilines is 1. The van der Waals surface area contributed by atoms with Gasteiger partial charge in [0.15, 0.2) is 5.65 Å². The summed E-state index contributed by atoms with van der Waals surface area (Å²) in [6.45, 7) is 4.87. The Morgan fingerprint density at radius 1 is 1.11 bits per heavy atom. The van der Waals surface area contributed by atoms with Gasteiger partial charge in [-0.2, -0.15) is 9.61 Å². The molecule has 3 heterocycles. The summed E-state index contributed by atoms with van der Waals surface area (Å²) in [5.41, 5.74) is 0.880. The van der Waals surface area contributed by atoms with Crippen molar-refractivity contribution in [1.29, 1.82) is 0 Å². The molecule has 96 valence electrons. The van der Waals surface area contributed by atoms with Gasteiger partial charge < -0.3 is 10.0 Å². The SMILES string of the molecule is OCCN1CCN(c2ccnc3ccnn23)CC1. The van der Waals surface area contributed by atoms with E-state index >= 15 is 0 Å². The zero-order valence-corrected chi connectivity index (χ0v) is 10.2. The summed E-state index contributed by atoms with van der Waals surface area (Å²) in [6, 6.07) is 3.91. The zero-order valence-electron chi connectivity index (χ0n) is 10.2. The molecule has 1 saturated heterocycles. The molecule has 1 aliphatic rings. The molecule has 6 nitrogen and oxygen atoms in total. The highest BCUT2D eigenvalue weighted by atomic mass is 16.3. The highest BCUT2D eigenvalue weighted by Crippen LogP contribution is 2.16. The van der Waals surface area contributed by atoms with Gasteiger partial charge in [-0.1, -0.05) is 0 Å². The molecule has 0 amide bonds. The Morgan fingerprint density at radius 3 is 2.72 bits per heavy atom. The van der Waals surface area contributed by atoms with E-state index in [-0.39, 0.29) is 6.61 Å². The third-order valence-corrected chi connectivity index (χ3v) is 3.38. The van der Waals surface area contributed by atoms with E-state index in [1.807, 2.05) is 22.8 Å². The van der Waals surface area contributed by atoms with Crippen LogP contribution in [0.2, 0.25) is 0 Å². The second kappa shape index (κ2) is 4.91. The van der Waals surface area contributed by atoms with Crippen molar-refractivity contribution in [2.75, 3.05) is 44.2 Å². The monoisotopic (exact) mass is 247 g/mol. The summed E-state index contributed by atoms with van der Waals surface area (Å²) in [5.74, 6) is 1.09. The van der Waals surface area contributed by atoms with Crippen LogP contribution in [0.3, 0.4) is 0 Å². The van der Waals surface area contributed by atoms with Gasteiger partial charge in [0.2, 0.25) is 0 Å². The summed E-state index contributed by atoms with van der Waals surface area (Å²) in [6.07, 6.45) is 3.60. The van der Waals surface area contributed by atoms with E-state index in [2.05, 4.69) is 19.9 Å². The third-order valence-electron chi connectivity index (χ3n) is 3.38. The van der Waals surface area contributed by atoms with Crippen molar-refractivity contribution >= 4 is 11.5 Å². The van der Waals surface area contributed by atoms with Gasteiger partial charge in [-0.25, -0.2) is 4.98 Å². The Hall–Kier alpha value is -1.66. The number of rotatable bonds is 3. The topological polar surface area (TPSA) is 56.9 Å². The highest BCUT2D eigenvalue weighted by molar-refractivity contribution is 5.48. The second-order valence-electron chi connectivity index (χ2n) is 4.46. The summed E-state index contributed by atoms with van der Waals surface area (Å²) in [4.78, 5) is 8.86. The van der Waals surface area contributed by atoms with Crippen LogP contribution in [0, 0.1) is 0 Å². The molecule has 6 heteroatoms. The lowest BCUT2D eigenvalue weighted by Crippen LogP contribution is -2.47. The van der Waals surface area contributed by atoms with E-state index < -0.39 is 0 Å². The largest absolute Gasteiger partial charge is 0.395 e. The molecule has 3 rings (SSSR count). The van der Waals surface area contributed by atoms with Gasteiger partial charge in [0.05, 0.1) is 12.8 Å². The summed E-state index contributed by atoms with van der Waals surface area (Å²) >= 11 is 0. The molecular formula is C12H17N5O. The van der Waals surface area contributed by atoms with Gasteiger partial charge in [0.1, 0.15) is 5.82 Å². The lowest BCUT2D eigenvalue weighted by molar-refractivity contribution is 0.188. The number of hydrogen-bond donors (Lipinski definition) is 1. The normalized spacial score (nSPS) is 17.5. The van der Waals surface area contributed by atoms with E-state index in [0.29, 0.717) is 0 Å². The van der Waals surface area contributed by atoms with Crippen LogP contribution in [0.15, 0.2) is 24.5 Å². The fraction of sp³-hybridized carbons (Fsp3) is 0.500. The summed E-state index contributed by atoms with van der Waals surface area (Å²) in [7, 11) is 0. The number of nitrogens with zero attached hydrogens (tertiary/aromatic N) is 5. The average molecular weight is 247 g/mol. The van der Waals surface area contributed by atoms with Crippen LogP contribution in [0.4, 0.5) is 5.82 Å². The molecule has 2 aromatic rings. The van der Waals surface area contributed by atoms with Gasteiger partial charge in [-0.05, 0) is 6.07 Å². The Morgan fingerprint density at radius 2 is 1.94 bits per heavy atom. The lowest BCUT2D eigenvalue weighted by atomic mass is 10.3. The van der Waals surface area contributed by atoms with Gasteiger partial charge in [-0.3, -0.25) is 4.90 Å². The van der Waals surface area contributed by atoms with Crippen LogP contribution in [-0.2, 0) is 0 Å². The molecule has 0 atom stereocenters. The molecule has 1 N–H and O–H groups in total. The minimum Gasteiger partial charge on any atom is -0.395 e. The van der Waals surface area contributed by atoms with E-state index in [1.165, 1.54) is 0 Å². The Kier molecular flexibility index (Phi) is 3.12. The number of β-amino-alcohol motifs (C(OH)–C–C–N with tert-alkyl or cyclic N) is 1. The maximum Gasteiger partial charge on any atom is 0.157 e.